The van der Waals surface area contributed by atoms with Gasteiger partial charge in [-0.2, -0.15) is 0 Å². The smallest absolute Gasteiger partial charge is 0.255 e. The first-order valence-electron chi connectivity index (χ1n) is 6.62. The molecule has 3 nitrogen and oxygen atoms in total. The van der Waals surface area contributed by atoms with Gasteiger partial charge >= 0.3 is 0 Å². The number of benzene rings is 2. The summed E-state index contributed by atoms with van der Waals surface area (Å²) in [5.74, 6) is -0.171. The minimum absolute atomic E-state index is 0.171. The average Bonchev–Trinajstić information content (AvgIpc) is 2.43. The Morgan fingerprint density at radius 2 is 2.00 bits per heavy atom. The Bertz CT molecular complexity index is 673. The van der Waals surface area contributed by atoms with E-state index in [1.807, 2.05) is 38.1 Å². The molecule has 0 fully saturated rings. The number of aryl methyl sites for hydroxylation is 1. The predicted molar refractivity (Wildman–Crippen MR) is 92.4 cm³/mol. The van der Waals surface area contributed by atoms with Crippen LogP contribution < -0.4 is 10.6 Å². The highest BCUT2D eigenvalue weighted by Crippen LogP contribution is 2.26. The Balaban J connectivity index is 2.22. The van der Waals surface area contributed by atoms with Crippen LogP contribution >= 0.6 is 27.5 Å². The summed E-state index contributed by atoms with van der Waals surface area (Å²) in [5, 5.41) is 6.57. The number of anilines is 2. The molecule has 1 amide bonds. The Morgan fingerprint density at radius 3 is 2.67 bits per heavy atom. The lowest BCUT2D eigenvalue weighted by Crippen LogP contribution is -2.14. The molecule has 0 aliphatic carbocycles. The minimum Gasteiger partial charge on any atom is -0.385 e. The van der Waals surface area contributed by atoms with E-state index in [2.05, 4.69) is 26.6 Å². The van der Waals surface area contributed by atoms with Crippen LogP contribution in [0.4, 0.5) is 11.4 Å². The summed E-state index contributed by atoms with van der Waals surface area (Å²) in [4.78, 5) is 12.4. The van der Waals surface area contributed by atoms with E-state index in [0.29, 0.717) is 16.3 Å². The van der Waals surface area contributed by atoms with Crippen LogP contribution in [-0.2, 0) is 0 Å². The molecule has 0 aliphatic heterocycles. The molecule has 2 aromatic carbocycles. The summed E-state index contributed by atoms with van der Waals surface area (Å²) in [5.41, 5.74) is 3.14. The molecule has 0 bridgehead atoms. The molecule has 0 saturated carbocycles. The van der Waals surface area contributed by atoms with Gasteiger partial charge in [-0.15, -0.1) is 0 Å². The van der Waals surface area contributed by atoms with Crippen molar-refractivity contribution in [2.75, 3.05) is 17.2 Å². The molecule has 0 saturated heterocycles. The zero-order valence-corrected chi connectivity index (χ0v) is 14.2. The van der Waals surface area contributed by atoms with E-state index in [4.69, 9.17) is 11.6 Å². The van der Waals surface area contributed by atoms with Gasteiger partial charge in [0.05, 0.1) is 10.7 Å². The van der Waals surface area contributed by atoms with Crippen LogP contribution in [0.1, 0.15) is 22.8 Å². The molecule has 2 rings (SSSR count). The van der Waals surface area contributed by atoms with Crippen LogP contribution in [0, 0.1) is 6.92 Å². The van der Waals surface area contributed by atoms with Gasteiger partial charge in [0.15, 0.2) is 0 Å². The summed E-state index contributed by atoms with van der Waals surface area (Å²) in [7, 11) is 0. The summed E-state index contributed by atoms with van der Waals surface area (Å²) >= 11 is 9.45. The highest BCUT2D eigenvalue weighted by molar-refractivity contribution is 9.10. The van der Waals surface area contributed by atoms with Crippen molar-refractivity contribution < 1.29 is 4.79 Å². The fraction of sp³-hybridized carbons (Fsp3) is 0.188. The lowest BCUT2D eigenvalue weighted by molar-refractivity contribution is 0.102. The highest BCUT2D eigenvalue weighted by atomic mass is 79.9. The summed E-state index contributed by atoms with van der Waals surface area (Å²) in [6.07, 6.45) is 0. The first kappa shape index (κ1) is 15.9. The van der Waals surface area contributed by atoms with E-state index in [-0.39, 0.29) is 5.91 Å². The van der Waals surface area contributed by atoms with E-state index >= 15 is 0 Å². The van der Waals surface area contributed by atoms with E-state index in [0.717, 1.165) is 22.3 Å². The molecule has 2 N–H and O–H groups in total. The second kappa shape index (κ2) is 6.96. The third kappa shape index (κ3) is 3.99. The van der Waals surface area contributed by atoms with Crippen LogP contribution in [0.5, 0.6) is 0 Å². The molecule has 0 aromatic heterocycles. The van der Waals surface area contributed by atoms with Gasteiger partial charge in [-0.25, -0.2) is 0 Å². The molecule has 5 heteroatoms. The third-order valence-electron chi connectivity index (χ3n) is 3.03. The normalized spacial score (nSPS) is 10.3. The number of carbonyl (C=O) groups is 1. The first-order valence-corrected chi connectivity index (χ1v) is 7.79. The van der Waals surface area contributed by atoms with Crippen molar-refractivity contribution in [2.45, 2.75) is 13.8 Å². The van der Waals surface area contributed by atoms with Crippen LogP contribution in [0.2, 0.25) is 5.02 Å². The zero-order valence-electron chi connectivity index (χ0n) is 11.8. The van der Waals surface area contributed by atoms with Crippen molar-refractivity contribution in [2.24, 2.45) is 0 Å². The molecule has 0 unspecified atom stereocenters. The number of amides is 1. The van der Waals surface area contributed by atoms with Crippen molar-refractivity contribution >= 4 is 44.8 Å². The Morgan fingerprint density at radius 1 is 1.24 bits per heavy atom. The fourth-order valence-electron chi connectivity index (χ4n) is 2.02. The Kier molecular flexibility index (Phi) is 5.26. The highest BCUT2D eigenvalue weighted by Gasteiger charge is 2.11. The standard InChI is InChI=1S/C16H16BrClN2O/c1-3-19-12-5-6-13(10(2)8-12)16(21)20-15-9-11(17)4-7-14(15)18/h4-9,19H,3H2,1-2H3,(H,20,21). The third-order valence-corrected chi connectivity index (χ3v) is 3.85. The van der Waals surface area contributed by atoms with Gasteiger partial charge < -0.3 is 10.6 Å². The van der Waals surface area contributed by atoms with E-state index in [9.17, 15) is 4.79 Å². The van der Waals surface area contributed by atoms with Gasteiger partial charge in [0.1, 0.15) is 0 Å². The number of rotatable bonds is 4. The van der Waals surface area contributed by atoms with Crippen molar-refractivity contribution in [1.29, 1.82) is 0 Å². The number of carbonyl (C=O) groups excluding carboxylic acids is 1. The van der Waals surface area contributed by atoms with Gasteiger partial charge in [-0.05, 0) is 55.8 Å². The molecular formula is C16H16BrClN2O. The average molecular weight is 368 g/mol. The van der Waals surface area contributed by atoms with Crippen LogP contribution in [0.15, 0.2) is 40.9 Å². The molecule has 0 radical (unpaired) electrons. The molecular weight excluding hydrogens is 352 g/mol. The fourth-order valence-corrected chi connectivity index (χ4v) is 2.54. The predicted octanol–water partition coefficient (Wildman–Crippen LogP) is 5.10. The molecule has 0 heterocycles. The van der Waals surface area contributed by atoms with E-state index in [1.165, 1.54) is 0 Å². The largest absolute Gasteiger partial charge is 0.385 e. The van der Waals surface area contributed by atoms with Crippen molar-refractivity contribution in [3.8, 4) is 0 Å². The number of nitrogens with one attached hydrogen (secondary N) is 2. The number of hydrogen-bond donors (Lipinski definition) is 2. The molecule has 0 atom stereocenters. The van der Waals surface area contributed by atoms with Gasteiger partial charge in [0.25, 0.3) is 5.91 Å². The van der Waals surface area contributed by atoms with E-state index in [1.54, 1.807) is 12.1 Å². The SMILES string of the molecule is CCNc1ccc(C(=O)Nc2cc(Br)ccc2Cl)c(C)c1. The Hall–Kier alpha value is -1.52. The zero-order chi connectivity index (χ0) is 15.4. The maximum atomic E-state index is 12.4. The molecule has 0 spiro atoms. The second-order valence-corrected chi connectivity index (χ2v) is 5.96. The van der Waals surface area contributed by atoms with Gasteiger partial charge in [-0.3, -0.25) is 4.79 Å². The van der Waals surface area contributed by atoms with Crippen molar-refractivity contribution in [1.82, 2.24) is 0 Å². The summed E-state index contributed by atoms with van der Waals surface area (Å²) in [6, 6.07) is 11.0. The number of hydrogen-bond acceptors (Lipinski definition) is 2. The van der Waals surface area contributed by atoms with Crippen LogP contribution in [-0.4, -0.2) is 12.5 Å². The van der Waals surface area contributed by atoms with Crippen LogP contribution in [0.25, 0.3) is 0 Å². The maximum Gasteiger partial charge on any atom is 0.255 e. The minimum atomic E-state index is -0.171. The quantitative estimate of drug-likeness (QED) is 0.790. The summed E-state index contributed by atoms with van der Waals surface area (Å²) < 4.78 is 0.862. The molecule has 2 aromatic rings. The lowest BCUT2D eigenvalue weighted by atomic mass is 10.1. The van der Waals surface area contributed by atoms with Crippen molar-refractivity contribution in [3.05, 3.63) is 57.0 Å². The second-order valence-electron chi connectivity index (χ2n) is 4.64. The van der Waals surface area contributed by atoms with Crippen molar-refractivity contribution in [3.63, 3.8) is 0 Å². The van der Waals surface area contributed by atoms with Gasteiger partial charge in [0.2, 0.25) is 0 Å². The Labute approximate surface area is 137 Å². The van der Waals surface area contributed by atoms with E-state index < -0.39 is 0 Å². The molecule has 110 valence electrons. The monoisotopic (exact) mass is 366 g/mol. The lowest BCUT2D eigenvalue weighted by Gasteiger charge is -2.11. The molecule has 21 heavy (non-hydrogen) atoms. The topological polar surface area (TPSA) is 41.1 Å². The molecule has 0 aliphatic rings. The van der Waals surface area contributed by atoms with Gasteiger partial charge in [0, 0.05) is 22.3 Å². The first-order chi connectivity index (χ1) is 10.0. The maximum absolute atomic E-state index is 12.4. The van der Waals surface area contributed by atoms with Crippen LogP contribution in [0.3, 0.4) is 0 Å². The summed E-state index contributed by atoms with van der Waals surface area (Å²) in [6.45, 7) is 4.79. The van der Waals surface area contributed by atoms with Gasteiger partial charge in [-0.1, -0.05) is 27.5 Å². The number of halogens is 2.